The van der Waals surface area contributed by atoms with E-state index in [-0.39, 0.29) is 11.6 Å². The van der Waals surface area contributed by atoms with Gasteiger partial charge in [0.05, 0.1) is 11.4 Å². The van der Waals surface area contributed by atoms with E-state index >= 15 is 0 Å². The first kappa shape index (κ1) is 21.3. The highest BCUT2D eigenvalue weighted by molar-refractivity contribution is 5.73. The van der Waals surface area contributed by atoms with Gasteiger partial charge >= 0.3 is 0 Å². The van der Waals surface area contributed by atoms with Gasteiger partial charge in [0.2, 0.25) is 0 Å². The van der Waals surface area contributed by atoms with Gasteiger partial charge in [-0.05, 0) is 61.6 Å². The number of benzene rings is 1. The zero-order valence-electron chi connectivity index (χ0n) is 19.2. The lowest BCUT2D eigenvalue weighted by Crippen LogP contribution is -2.11. The van der Waals surface area contributed by atoms with Crippen LogP contribution in [0.4, 0.5) is 10.2 Å². The molecule has 0 saturated heterocycles. The van der Waals surface area contributed by atoms with Crippen LogP contribution in [0.25, 0.3) is 22.5 Å². The summed E-state index contributed by atoms with van der Waals surface area (Å²) in [6, 6.07) is 12.6. The SMILES string of the molecule is CC1Oc2cc(cnc2N)-c2c(c(C#N)nn2CC2CC2)Cc2cccnc2-c2ccc(F)cc21. The number of aromatic nitrogens is 4. The first-order valence-corrected chi connectivity index (χ1v) is 11.7. The van der Waals surface area contributed by atoms with Crippen LogP contribution in [0.3, 0.4) is 0 Å². The molecule has 1 unspecified atom stereocenters. The molecule has 8 heteroatoms. The van der Waals surface area contributed by atoms with E-state index in [0.717, 1.165) is 53.0 Å². The lowest BCUT2D eigenvalue weighted by Gasteiger charge is -2.22. The van der Waals surface area contributed by atoms with Gasteiger partial charge in [-0.25, -0.2) is 9.37 Å². The van der Waals surface area contributed by atoms with Gasteiger partial charge in [-0.1, -0.05) is 6.07 Å². The lowest BCUT2D eigenvalue weighted by atomic mass is 9.92. The maximum atomic E-state index is 14.3. The van der Waals surface area contributed by atoms with Crippen molar-refractivity contribution in [1.82, 2.24) is 19.7 Å². The quantitative estimate of drug-likeness (QED) is 0.443. The predicted molar refractivity (Wildman–Crippen MR) is 129 cm³/mol. The summed E-state index contributed by atoms with van der Waals surface area (Å²) in [6.07, 6.45) is 5.65. The number of hydrogen-bond acceptors (Lipinski definition) is 6. The second-order valence-electron chi connectivity index (χ2n) is 9.20. The summed E-state index contributed by atoms with van der Waals surface area (Å²) in [6.45, 7) is 2.60. The van der Waals surface area contributed by atoms with E-state index < -0.39 is 6.10 Å². The van der Waals surface area contributed by atoms with E-state index in [0.29, 0.717) is 29.3 Å². The second-order valence-corrected chi connectivity index (χ2v) is 9.20. The largest absolute Gasteiger partial charge is 0.482 e. The average molecular weight is 467 g/mol. The van der Waals surface area contributed by atoms with Crippen LogP contribution < -0.4 is 10.5 Å². The number of ether oxygens (including phenoxy) is 1. The zero-order valence-corrected chi connectivity index (χ0v) is 19.2. The zero-order chi connectivity index (χ0) is 24.1. The molecular weight excluding hydrogens is 443 g/mol. The predicted octanol–water partition coefficient (Wildman–Crippen LogP) is 5.05. The van der Waals surface area contributed by atoms with Crippen molar-refractivity contribution in [2.24, 2.45) is 5.92 Å². The molecule has 0 spiro atoms. The number of nitrogen functional groups attached to an aromatic ring is 1. The van der Waals surface area contributed by atoms with E-state index in [4.69, 9.17) is 10.5 Å². The Kier molecular flexibility index (Phi) is 4.99. The van der Waals surface area contributed by atoms with Crippen LogP contribution in [0.2, 0.25) is 0 Å². The summed E-state index contributed by atoms with van der Waals surface area (Å²) in [4.78, 5) is 9.06. The first-order valence-electron chi connectivity index (χ1n) is 11.7. The Hall–Kier alpha value is -4.25. The van der Waals surface area contributed by atoms with Crippen molar-refractivity contribution < 1.29 is 9.13 Å². The smallest absolute Gasteiger partial charge is 0.166 e. The van der Waals surface area contributed by atoms with E-state index in [1.54, 1.807) is 18.5 Å². The number of rotatable bonds is 2. The number of nitrogens with zero attached hydrogens (tertiary/aromatic N) is 5. The molecule has 4 aromatic rings. The molecule has 1 saturated carbocycles. The molecule has 2 N–H and O–H groups in total. The van der Waals surface area contributed by atoms with Crippen LogP contribution in [-0.2, 0) is 13.0 Å². The molecule has 1 aliphatic carbocycles. The van der Waals surface area contributed by atoms with Crippen LogP contribution in [0.15, 0.2) is 48.8 Å². The molecule has 1 aliphatic heterocycles. The van der Waals surface area contributed by atoms with Crippen molar-refractivity contribution in [3.8, 4) is 34.3 Å². The van der Waals surface area contributed by atoms with Crippen molar-refractivity contribution in [3.63, 3.8) is 0 Å². The molecule has 174 valence electrons. The molecule has 2 aliphatic rings. The van der Waals surface area contributed by atoms with E-state index in [9.17, 15) is 9.65 Å². The first-order chi connectivity index (χ1) is 17.0. The van der Waals surface area contributed by atoms with Crippen molar-refractivity contribution in [2.45, 2.75) is 38.8 Å². The highest BCUT2D eigenvalue weighted by Crippen LogP contribution is 2.40. The minimum atomic E-state index is -0.514. The molecule has 4 heterocycles. The van der Waals surface area contributed by atoms with Crippen molar-refractivity contribution in [3.05, 3.63) is 77.0 Å². The highest BCUT2D eigenvalue weighted by Gasteiger charge is 2.29. The molecule has 0 amide bonds. The van der Waals surface area contributed by atoms with Crippen molar-refractivity contribution in [1.29, 1.82) is 5.26 Å². The van der Waals surface area contributed by atoms with Gasteiger partial charge in [-0.3, -0.25) is 9.67 Å². The van der Waals surface area contributed by atoms with Crippen LogP contribution in [0.5, 0.6) is 5.75 Å². The van der Waals surface area contributed by atoms with Gasteiger partial charge in [-0.2, -0.15) is 10.4 Å². The summed E-state index contributed by atoms with van der Waals surface area (Å²) >= 11 is 0. The highest BCUT2D eigenvalue weighted by atomic mass is 19.1. The van der Waals surface area contributed by atoms with Crippen LogP contribution in [-0.4, -0.2) is 19.7 Å². The lowest BCUT2D eigenvalue weighted by molar-refractivity contribution is 0.227. The Labute approximate surface area is 202 Å². The Morgan fingerprint density at radius 3 is 2.89 bits per heavy atom. The Bertz CT molecular complexity index is 1500. The minimum absolute atomic E-state index is 0.240. The van der Waals surface area contributed by atoms with Gasteiger partial charge in [0, 0.05) is 47.6 Å². The molecule has 35 heavy (non-hydrogen) atoms. The molecule has 2 bridgehead atoms. The number of hydrogen-bond donors (Lipinski definition) is 1. The molecular formula is C27H23FN6O. The number of anilines is 1. The van der Waals surface area contributed by atoms with Gasteiger partial charge < -0.3 is 10.5 Å². The molecule has 6 rings (SSSR count). The Balaban J connectivity index is 1.65. The standard InChI is InChI=1S/C27H23FN6O/c1-15-21-11-19(28)6-7-20(21)25-17(3-2-8-31-25)9-22-23(12-29)33-34(14-16-4-5-16)26(22)18-10-24(35-15)27(30)32-13-18/h2-3,6-8,10-11,13,15-16H,4-5,9,14H2,1H3,(H2,30,32). The summed E-state index contributed by atoms with van der Waals surface area (Å²) in [5.41, 5.74) is 12.0. The average Bonchev–Trinajstić information content (AvgIpc) is 3.61. The number of nitrogens with two attached hydrogens (primary N) is 1. The number of halogens is 1. The van der Waals surface area contributed by atoms with Crippen molar-refractivity contribution >= 4 is 5.82 Å². The van der Waals surface area contributed by atoms with Gasteiger partial charge in [-0.15, -0.1) is 0 Å². The molecule has 7 nitrogen and oxygen atoms in total. The number of fused-ring (bicyclic) bond motifs is 7. The van der Waals surface area contributed by atoms with Crippen molar-refractivity contribution in [2.75, 3.05) is 5.73 Å². The molecule has 1 atom stereocenters. The normalized spacial score (nSPS) is 16.5. The Morgan fingerprint density at radius 1 is 1.23 bits per heavy atom. The number of nitriles is 1. The monoisotopic (exact) mass is 466 g/mol. The fourth-order valence-electron chi connectivity index (χ4n) is 4.79. The van der Waals surface area contributed by atoms with Crippen LogP contribution in [0.1, 0.15) is 48.3 Å². The second kappa shape index (κ2) is 8.20. The third-order valence-electron chi connectivity index (χ3n) is 6.71. The van der Waals surface area contributed by atoms with Gasteiger partial charge in [0.1, 0.15) is 18.0 Å². The van der Waals surface area contributed by atoms with Crippen LogP contribution >= 0.6 is 0 Å². The third kappa shape index (κ3) is 3.79. The minimum Gasteiger partial charge on any atom is -0.482 e. The molecule has 0 radical (unpaired) electrons. The maximum Gasteiger partial charge on any atom is 0.166 e. The van der Waals surface area contributed by atoms with Crippen LogP contribution in [0, 0.1) is 23.1 Å². The third-order valence-corrected chi connectivity index (χ3v) is 6.71. The molecule has 1 fully saturated rings. The molecule has 3 aromatic heterocycles. The maximum absolute atomic E-state index is 14.3. The summed E-state index contributed by atoms with van der Waals surface area (Å²) in [5, 5.41) is 14.7. The van der Waals surface area contributed by atoms with E-state index in [1.165, 1.54) is 12.1 Å². The summed E-state index contributed by atoms with van der Waals surface area (Å²) in [7, 11) is 0. The van der Waals surface area contributed by atoms with Gasteiger partial charge in [0.15, 0.2) is 17.3 Å². The fraction of sp³-hybridized carbons (Fsp3) is 0.259. The summed E-state index contributed by atoms with van der Waals surface area (Å²) in [5.74, 6) is 0.833. The summed E-state index contributed by atoms with van der Waals surface area (Å²) < 4.78 is 22.5. The Morgan fingerprint density at radius 2 is 2.09 bits per heavy atom. The van der Waals surface area contributed by atoms with E-state index in [1.807, 2.05) is 29.8 Å². The number of pyridine rings is 2. The van der Waals surface area contributed by atoms with Gasteiger partial charge in [0.25, 0.3) is 0 Å². The fourth-order valence-corrected chi connectivity index (χ4v) is 4.79. The topological polar surface area (TPSA) is 103 Å². The molecule has 1 aromatic carbocycles. The van der Waals surface area contributed by atoms with E-state index in [2.05, 4.69) is 21.1 Å².